The Morgan fingerprint density at radius 2 is 1.77 bits per heavy atom. The third kappa shape index (κ3) is 7.74. The Labute approximate surface area is 78.7 Å². The molecule has 0 saturated heterocycles. The van der Waals surface area contributed by atoms with E-state index in [2.05, 4.69) is 0 Å². The van der Waals surface area contributed by atoms with Gasteiger partial charge in [-0.05, 0) is 19.8 Å². The number of carbonyl (C=O) groups excluding carboxylic acids is 1. The van der Waals surface area contributed by atoms with Crippen molar-refractivity contribution in [3.05, 3.63) is 0 Å². The number of amides is 1. The summed E-state index contributed by atoms with van der Waals surface area (Å²) in [5.41, 5.74) is 4.87. The molecule has 0 radical (unpaired) electrons. The number of aliphatic hydroxyl groups excluding tert-OH is 2. The topological polar surface area (TPSA) is 83.6 Å². The van der Waals surface area contributed by atoms with Crippen molar-refractivity contribution in [3.8, 4) is 0 Å². The van der Waals surface area contributed by atoms with E-state index in [1.165, 1.54) is 0 Å². The summed E-state index contributed by atoms with van der Waals surface area (Å²) >= 11 is 0. The van der Waals surface area contributed by atoms with E-state index in [0.29, 0.717) is 6.42 Å². The highest BCUT2D eigenvalue weighted by Crippen LogP contribution is 2.07. The fourth-order valence-electron chi connectivity index (χ4n) is 1.10. The number of hydrogen-bond donors (Lipinski definition) is 3. The maximum Gasteiger partial charge on any atom is 0.246 e. The molecule has 0 saturated carbocycles. The monoisotopic (exact) mass is 189 g/mol. The highest BCUT2D eigenvalue weighted by Gasteiger charge is 2.09. The van der Waals surface area contributed by atoms with Crippen molar-refractivity contribution in [1.29, 1.82) is 0 Å². The molecule has 0 aliphatic rings. The minimum atomic E-state index is -1.01. The predicted molar refractivity (Wildman–Crippen MR) is 50.0 cm³/mol. The van der Waals surface area contributed by atoms with Gasteiger partial charge in [-0.3, -0.25) is 4.79 Å². The average molecular weight is 189 g/mol. The quantitative estimate of drug-likeness (QED) is 0.499. The summed E-state index contributed by atoms with van der Waals surface area (Å²) < 4.78 is 0. The van der Waals surface area contributed by atoms with Crippen LogP contribution in [0.3, 0.4) is 0 Å². The van der Waals surface area contributed by atoms with Gasteiger partial charge in [0.25, 0.3) is 0 Å². The lowest BCUT2D eigenvalue weighted by Crippen LogP contribution is -2.27. The minimum absolute atomic E-state index is 0.263. The lowest BCUT2D eigenvalue weighted by Gasteiger charge is -2.06. The first-order valence-corrected chi connectivity index (χ1v) is 4.69. The lowest BCUT2D eigenvalue weighted by atomic mass is 10.1. The van der Waals surface area contributed by atoms with Crippen molar-refractivity contribution >= 4 is 5.91 Å². The normalized spacial score (nSPS) is 15.3. The number of unbranched alkanes of at least 4 members (excludes halogenated alkanes) is 2. The second kappa shape index (κ2) is 6.86. The summed E-state index contributed by atoms with van der Waals surface area (Å²) in [7, 11) is 0. The van der Waals surface area contributed by atoms with E-state index < -0.39 is 12.0 Å². The van der Waals surface area contributed by atoms with Crippen LogP contribution in [0.15, 0.2) is 0 Å². The molecule has 13 heavy (non-hydrogen) atoms. The van der Waals surface area contributed by atoms with Crippen molar-refractivity contribution in [2.45, 2.75) is 51.2 Å². The molecule has 4 nitrogen and oxygen atoms in total. The SMILES string of the molecule is CC(O)CCCCCC(O)C(N)=O. The van der Waals surface area contributed by atoms with Crippen LogP contribution < -0.4 is 5.73 Å². The van der Waals surface area contributed by atoms with Crippen LogP contribution >= 0.6 is 0 Å². The Bertz CT molecular complexity index is 148. The summed E-state index contributed by atoms with van der Waals surface area (Å²) in [5, 5.41) is 17.9. The highest BCUT2D eigenvalue weighted by molar-refractivity contribution is 5.78. The van der Waals surface area contributed by atoms with Gasteiger partial charge in [-0.2, -0.15) is 0 Å². The van der Waals surface area contributed by atoms with Crippen LogP contribution in [0.1, 0.15) is 39.0 Å². The van der Waals surface area contributed by atoms with Gasteiger partial charge in [0, 0.05) is 0 Å². The number of aliphatic hydroxyl groups is 2. The lowest BCUT2D eigenvalue weighted by molar-refractivity contribution is -0.126. The van der Waals surface area contributed by atoms with E-state index in [0.717, 1.165) is 25.7 Å². The minimum Gasteiger partial charge on any atom is -0.393 e. The highest BCUT2D eigenvalue weighted by atomic mass is 16.3. The van der Waals surface area contributed by atoms with E-state index in [9.17, 15) is 4.79 Å². The largest absolute Gasteiger partial charge is 0.393 e. The first-order chi connectivity index (χ1) is 6.04. The van der Waals surface area contributed by atoms with Crippen LogP contribution in [0.4, 0.5) is 0 Å². The maximum absolute atomic E-state index is 10.4. The van der Waals surface area contributed by atoms with E-state index in [4.69, 9.17) is 15.9 Å². The Morgan fingerprint density at radius 3 is 2.23 bits per heavy atom. The average Bonchev–Trinajstić information content (AvgIpc) is 2.02. The Hall–Kier alpha value is -0.610. The fraction of sp³-hybridized carbons (Fsp3) is 0.889. The summed E-state index contributed by atoms with van der Waals surface area (Å²) in [4.78, 5) is 10.4. The summed E-state index contributed by atoms with van der Waals surface area (Å²) in [6.07, 6.45) is 2.53. The molecule has 0 aromatic rings. The van der Waals surface area contributed by atoms with Gasteiger partial charge in [0.15, 0.2) is 0 Å². The van der Waals surface area contributed by atoms with E-state index in [1.54, 1.807) is 6.92 Å². The fourth-order valence-corrected chi connectivity index (χ4v) is 1.10. The Balaban J connectivity index is 3.21. The number of hydrogen-bond acceptors (Lipinski definition) is 3. The van der Waals surface area contributed by atoms with Crippen molar-refractivity contribution in [2.24, 2.45) is 5.73 Å². The molecule has 0 bridgehead atoms. The molecule has 0 aliphatic heterocycles. The molecule has 0 heterocycles. The van der Waals surface area contributed by atoms with Crippen LogP contribution in [0.2, 0.25) is 0 Å². The molecule has 0 aromatic heterocycles. The third-order valence-electron chi connectivity index (χ3n) is 1.93. The van der Waals surface area contributed by atoms with Crippen LogP contribution in [0.25, 0.3) is 0 Å². The molecular formula is C9H19NO3. The van der Waals surface area contributed by atoms with Crippen molar-refractivity contribution in [3.63, 3.8) is 0 Å². The molecule has 0 aliphatic carbocycles. The van der Waals surface area contributed by atoms with E-state index >= 15 is 0 Å². The molecular weight excluding hydrogens is 170 g/mol. The van der Waals surface area contributed by atoms with Gasteiger partial charge in [-0.1, -0.05) is 19.3 Å². The predicted octanol–water partition coefficient (Wildman–Crippen LogP) is 0.164. The van der Waals surface area contributed by atoms with Gasteiger partial charge in [-0.25, -0.2) is 0 Å². The van der Waals surface area contributed by atoms with Crippen LogP contribution in [0, 0.1) is 0 Å². The van der Waals surface area contributed by atoms with Gasteiger partial charge >= 0.3 is 0 Å². The van der Waals surface area contributed by atoms with E-state index in [-0.39, 0.29) is 6.10 Å². The molecule has 0 spiro atoms. The maximum atomic E-state index is 10.4. The second-order valence-electron chi connectivity index (χ2n) is 3.41. The molecule has 0 fully saturated rings. The van der Waals surface area contributed by atoms with Gasteiger partial charge in [-0.15, -0.1) is 0 Å². The van der Waals surface area contributed by atoms with E-state index in [1.807, 2.05) is 0 Å². The number of primary amides is 1. The van der Waals surface area contributed by atoms with Crippen molar-refractivity contribution in [2.75, 3.05) is 0 Å². The van der Waals surface area contributed by atoms with Gasteiger partial charge in [0.05, 0.1) is 6.10 Å². The Morgan fingerprint density at radius 1 is 1.23 bits per heavy atom. The van der Waals surface area contributed by atoms with Crippen LogP contribution in [-0.2, 0) is 4.79 Å². The summed E-state index contributed by atoms with van der Waals surface area (Å²) in [6, 6.07) is 0. The third-order valence-corrected chi connectivity index (χ3v) is 1.93. The summed E-state index contributed by atoms with van der Waals surface area (Å²) in [6.45, 7) is 1.75. The molecule has 4 N–H and O–H groups in total. The zero-order valence-corrected chi connectivity index (χ0v) is 8.07. The van der Waals surface area contributed by atoms with Crippen LogP contribution in [0.5, 0.6) is 0 Å². The molecule has 0 aromatic carbocycles. The summed E-state index contributed by atoms with van der Waals surface area (Å²) in [5.74, 6) is -0.657. The zero-order valence-electron chi connectivity index (χ0n) is 8.07. The molecule has 1 amide bonds. The van der Waals surface area contributed by atoms with Crippen molar-refractivity contribution in [1.82, 2.24) is 0 Å². The molecule has 4 heteroatoms. The molecule has 2 unspecified atom stereocenters. The second-order valence-corrected chi connectivity index (χ2v) is 3.41. The smallest absolute Gasteiger partial charge is 0.246 e. The van der Waals surface area contributed by atoms with Gasteiger partial charge in [0.1, 0.15) is 6.10 Å². The van der Waals surface area contributed by atoms with Gasteiger partial charge < -0.3 is 15.9 Å². The first kappa shape index (κ1) is 12.4. The standard InChI is InChI=1S/C9H19NO3/c1-7(11)5-3-2-4-6-8(12)9(10)13/h7-8,11-12H,2-6H2,1H3,(H2,10,13). The Kier molecular flexibility index (Phi) is 6.54. The van der Waals surface area contributed by atoms with Gasteiger partial charge in [0.2, 0.25) is 5.91 Å². The zero-order chi connectivity index (χ0) is 10.3. The molecule has 0 rings (SSSR count). The number of carbonyl (C=O) groups is 1. The molecule has 78 valence electrons. The molecule has 2 atom stereocenters. The van der Waals surface area contributed by atoms with Crippen LogP contribution in [-0.4, -0.2) is 28.3 Å². The first-order valence-electron chi connectivity index (χ1n) is 4.69. The van der Waals surface area contributed by atoms with Crippen molar-refractivity contribution < 1.29 is 15.0 Å². The number of rotatable bonds is 7. The number of nitrogens with two attached hydrogens (primary N) is 1.